The van der Waals surface area contributed by atoms with Gasteiger partial charge in [-0.15, -0.1) is 22.7 Å². The van der Waals surface area contributed by atoms with Gasteiger partial charge < -0.3 is 10.2 Å². The van der Waals surface area contributed by atoms with E-state index in [4.69, 9.17) is 11.6 Å². The summed E-state index contributed by atoms with van der Waals surface area (Å²) in [7, 11) is 0. The van der Waals surface area contributed by atoms with E-state index in [1.165, 1.54) is 21.8 Å². The van der Waals surface area contributed by atoms with E-state index in [1.54, 1.807) is 16.2 Å². The zero-order valence-corrected chi connectivity index (χ0v) is 15.6. The number of nitrogens with one attached hydrogen (secondary N) is 1. The summed E-state index contributed by atoms with van der Waals surface area (Å²) in [6.45, 7) is 1.31. The van der Waals surface area contributed by atoms with Crippen molar-refractivity contribution in [1.29, 1.82) is 0 Å². The van der Waals surface area contributed by atoms with E-state index in [2.05, 4.69) is 16.8 Å². The molecule has 0 saturated heterocycles. The van der Waals surface area contributed by atoms with Crippen molar-refractivity contribution >= 4 is 56.2 Å². The van der Waals surface area contributed by atoms with E-state index in [9.17, 15) is 9.59 Å². The van der Waals surface area contributed by atoms with Crippen molar-refractivity contribution in [3.8, 4) is 0 Å². The maximum absolute atomic E-state index is 12.4. The number of hydrogen-bond acceptors (Lipinski definition) is 4. The molecule has 2 aromatic heterocycles. The minimum atomic E-state index is -0.298. The van der Waals surface area contributed by atoms with Crippen molar-refractivity contribution in [2.45, 2.75) is 13.0 Å². The Morgan fingerprint density at radius 2 is 2.08 bits per heavy atom. The molecule has 7 heteroatoms. The van der Waals surface area contributed by atoms with Gasteiger partial charge in [0.15, 0.2) is 0 Å². The molecule has 0 spiro atoms. The standard InChI is InChI=1S/C18H15ClN2O2S2/c19-16-12-3-1-2-4-14(12)25-17(16)18(23)20-9-15(22)21-7-5-13-11(10-21)6-8-24-13/h1-4,6,8H,5,7,9-10H2,(H,20,23). The highest BCUT2D eigenvalue weighted by Crippen LogP contribution is 2.35. The third kappa shape index (κ3) is 3.17. The molecule has 0 radical (unpaired) electrons. The van der Waals surface area contributed by atoms with Gasteiger partial charge in [-0.3, -0.25) is 9.59 Å². The second-order valence-electron chi connectivity index (χ2n) is 5.86. The lowest BCUT2D eigenvalue weighted by Crippen LogP contribution is -2.42. The first-order valence-electron chi connectivity index (χ1n) is 7.91. The van der Waals surface area contributed by atoms with Gasteiger partial charge in [-0.1, -0.05) is 29.8 Å². The zero-order valence-electron chi connectivity index (χ0n) is 13.3. The van der Waals surface area contributed by atoms with Crippen LogP contribution in [0.5, 0.6) is 0 Å². The molecule has 2 amide bonds. The van der Waals surface area contributed by atoms with Crippen LogP contribution in [0.4, 0.5) is 0 Å². The first-order chi connectivity index (χ1) is 12.1. The monoisotopic (exact) mass is 390 g/mol. The molecule has 0 unspecified atom stereocenters. The minimum Gasteiger partial charge on any atom is -0.342 e. The molecule has 0 aliphatic carbocycles. The van der Waals surface area contributed by atoms with Gasteiger partial charge in [-0.05, 0) is 29.5 Å². The molecule has 25 heavy (non-hydrogen) atoms. The molecule has 0 fully saturated rings. The molecule has 3 aromatic rings. The average molecular weight is 391 g/mol. The first kappa shape index (κ1) is 16.6. The van der Waals surface area contributed by atoms with Crippen LogP contribution in [0.2, 0.25) is 5.02 Å². The summed E-state index contributed by atoms with van der Waals surface area (Å²) in [6.07, 6.45) is 0.884. The Morgan fingerprint density at radius 1 is 1.24 bits per heavy atom. The summed E-state index contributed by atoms with van der Waals surface area (Å²) in [5, 5.41) is 6.09. The quantitative estimate of drug-likeness (QED) is 0.736. The van der Waals surface area contributed by atoms with Crippen LogP contribution >= 0.6 is 34.3 Å². The maximum Gasteiger partial charge on any atom is 0.263 e. The Kier molecular flexibility index (Phi) is 4.50. The maximum atomic E-state index is 12.4. The topological polar surface area (TPSA) is 49.4 Å². The van der Waals surface area contributed by atoms with Crippen LogP contribution in [0.3, 0.4) is 0 Å². The van der Waals surface area contributed by atoms with Gasteiger partial charge in [0.2, 0.25) is 5.91 Å². The lowest BCUT2D eigenvalue weighted by molar-refractivity contribution is -0.131. The number of carbonyl (C=O) groups excluding carboxylic acids is 2. The molecule has 1 aliphatic rings. The molecule has 0 saturated carbocycles. The fourth-order valence-corrected chi connectivity index (χ4v) is 5.29. The van der Waals surface area contributed by atoms with Gasteiger partial charge in [0.1, 0.15) is 4.88 Å². The molecule has 128 valence electrons. The molecule has 3 heterocycles. The Bertz CT molecular complexity index is 963. The Hall–Kier alpha value is -1.89. The molecular formula is C18H15ClN2O2S2. The van der Waals surface area contributed by atoms with E-state index in [1.807, 2.05) is 24.3 Å². The molecule has 1 N–H and O–H groups in total. The molecule has 4 rings (SSSR count). The van der Waals surface area contributed by atoms with E-state index in [0.717, 1.165) is 16.5 Å². The van der Waals surface area contributed by atoms with Crippen LogP contribution in [0.15, 0.2) is 35.7 Å². The van der Waals surface area contributed by atoms with Crippen molar-refractivity contribution < 1.29 is 9.59 Å². The van der Waals surface area contributed by atoms with Gasteiger partial charge in [-0.25, -0.2) is 0 Å². The predicted octanol–water partition coefficient (Wildman–Crippen LogP) is 3.93. The zero-order chi connectivity index (χ0) is 17.4. The number of fused-ring (bicyclic) bond motifs is 2. The predicted molar refractivity (Wildman–Crippen MR) is 103 cm³/mol. The summed E-state index contributed by atoms with van der Waals surface area (Å²) in [6, 6.07) is 9.69. The summed E-state index contributed by atoms with van der Waals surface area (Å²) in [5.41, 5.74) is 1.21. The van der Waals surface area contributed by atoms with Crippen molar-refractivity contribution in [1.82, 2.24) is 10.2 Å². The summed E-state index contributed by atoms with van der Waals surface area (Å²) >= 11 is 9.40. The van der Waals surface area contributed by atoms with E-state index >= 15 is 0 Å². The van der Waals surface area contributed by atoms with Crippen molar-refractivity contribution in [2.75, 3.05) is 13.1 Å². The molecule has 4 nitrogen and oxygen atoms in total. The molecule has 0 atom stereocenters. The second kappa shape index (κ2) is 6.78. The van der Waals surface area contributed by atoms with Crippen LogP contribution in [-0.2, 0) is 17.8 Å². The highest BCUT2D eigenvalue weighted by molar-refractivity contribution is 7.21. The van der Waals surface area contributed by atoms with Crippen LogP contribution in [0, 0.1) is 0 Å². The largest absolute Gasteiger partial charge is 0.342 e. The van der Waals surface area contributed by atoms with E-state index in [0.29, 0.717) is 23.0 Å². The number of thiophene rings is 2. The highest BCUT2D eigenvalue weighted by atomic mass is 35.5. The number of rotatable bonds is 3. The van der Waals surface area contributed by atoms with Crippen molar-refractivity contribution in [3.05, 3.63) is 56.1 Å². The number of halogens is 1. The van der Waals surface area contributed by atoms with Crippen molar-refractivity contribution in [3.63, 3.8) is 0 Å². The van der Waals surface area contributed by atoms with E-state index in [-0.39, 0.29) is 18.4 Å². The highest BCUT2D eigenvalue weighted by Gasteiger charge is 2.23. The molecule has 1 aliphatic heterocycles. The van der Waals surface area contributed by atoms with Crippen LogP contribution in [0.1, 0.15) is 20.1 Å². The van der Waals surface area contributed by atoms with E-state index < -0.39 is 0 Å². The van der Waals surface area contributed by atoms with Crippen molar-refractivity contribution in [2.24, 2.45) is 0 Å². The van der Waals surface area contributed by atoms with Gasteiger partial charge in [0.05, 0.1) is 11.6 Å². The number of hydrogen-bond donors (Lipinski definition) is 1. The summed E-state index contributed by atoms with van der Waals surface area (Å²) in [4.78, 5) is 28.4. The molecular weight excluding hydrogens is 376 g/mol. The Morgan fingerprint density at radius 3 is 2.92 bits per heavy atom. The van der Waals surface area contributed by atoms with Gasteiger partial charge in [0.25, 0.3) is 5.91 Å². The number of carbonyl (C=O) groups is 2. The van der Waals surface area contributed by atoms with Crippen LogP contribution in [-0.4, -0.2) is 29.8 Å². The fourth-order valence-electron chi connectivity index (χ4n) is 2.97. The normalized spacial score (nSPS) is 13.7. The van der Waals surface area contributed by atoms with Gasteiger partial charge >= 0.3 is 0 Å². The summed E-state index contributed by atoms with van der Waals surface area (Å²) in [5.74, 6) is -0.366. The SMILES string of the molecule is O=C(NCC(=O)N1CCc2sccc2C1)c1sc2ccccc2c1Cl. The Balaban J connectivity index is 1.41. The lowest BCUT2D eigenvalue weighted by atomic mass is 10.1. The first-order valence-corrected chi connectivity index (χ1v) is 9.99. The molecule has 1 aromatic carbocycles. The number of benzene rings is 1. The third-order valence-electron chi connectivity index (χ3n) is 4.30. The Labute approximate surface area is 158 Å². The number of nitrogens with zero attached hydrogens (tertiary/aromatic N) is 1. The number of amides is 2. The van der Waals surface area contributed by atoms with Crippen LogP contribution < -0.4 is 5.32 Å². The average Bonchev–Trinajstić information content (AvgIpc) is 3.23. The molecule has 0 bridgehead atoms. The minimum absolute atomic E-state index is 0.0110. The van der Waals surface area contributed by atoms with Gasteiger partial charge in [0, 0.05) is 28.1 Å². The van der Waals surface area contributed by atoms with Gasteiger partial charge in [-0.2, -0.15) is 0 Å². The smallest absolute Gasteiger partial charge is 0.263 e. The fraction of sp³-hybridized carbons (Fsp3) is 0.222. The third-order valence-corrected chi connectivity index (χ3v) is 7.00. The lowest BCUT2D eigenvalue weighted by Gasteiger charge is -2.27. The second-order valence-corrected chi connectivity index (χ2v) is 8.29. The van der Waals surface area contributed by atoms with Crippen LogP contribution in [0.25, 0.3) is 10.1 Å². The summed E-state index contributed by atoms with van der Waals surface area (Å²) < 4.78 is 0.963.